The molecule has 5 heteroatoms. The summed E-state index contributed by atoms with van der Waals surface area (Å²) in [4.78, 5) is 18.2. The Morgan fingerprint density at radius 2 is 2.14 bits per heavy atom. The van der Waals surface area contributed by atoms with Crippen LogP contribution in [0.25, 0.3) is 5.73 Å². The topological polar surface area (TPSA) is 67.2 Å². The van der Waals surface area contributed by atoms with Gasteiger partial charge in [0.1, 0.15) is 0 Å². The largest absolute Gasteiger partial charge is 0.721 e. The minimum atomic E-state index is -1.38. The van der Waals surface area contributed by atoms with Crippen molar-refractivity contribution >= 4 is 12.6 Å². The van der Waals surface area contributed by atoms with Crippen molar-refractivity contribution in [2.75, 3.05) is 0 Å². The predicted octanol–water partition coefficient (Wildman–Crippen LogP) is 0.240. The molecule has 0 aromatic rings. The van der Waals surface area contributed by atoms with Gasteiger partial charge in [0, 0.05) is 32.7 Å². The molecule has 0 fully saturated rings. The molecule has 0 bridgehead atoms. The Bertz CT molecular complexity index is 73.3. The minimum Gasteiger partial charge on any atom is -0.721 e. The van der Waals surface area contributed by atoms with Gasteiger partial charge in [0.2, 0.25) is 0 Å². The van der Waals surface area contributed by atoms with Gasteiger partial charge in [0.05, 0.1) is 6.09 Å². The Morgan fingerprint density at radius 3 is 2.14 bits per heavy atom. The van der Waals surface area contributed by atoms with Crippen molar-refractivity contribution < 1.29 is 47.0 Å². The molecule has 1 N–H and O–H groups in total. The molecule has 0 aliphatic heterocycles. The fraction of sp³-hybridized carbons (Fsp3) is 0. The number of nitrogens with one attached hydrogen (secondary N) is 1. The molecule has 0 unspecified atom stereocenters. The molecule has 0 atom stereocenters. The molecule has 0 saturated carbocycles. The van der Waals surface area contributed by atoms with Crippen LogP contribution in [0.3, 0.4) is 0 Å². The van der Waals surface area contributed by atoms with Crippen LogP contribution < -0.4 is 0 Å². The quantitative estimate of drug-likeness (QED) is 0.424. The summed E-state index contributed by atoms with van der Waals surface area (Å²) in [5, 5.41) is 0. The summed E-state index contributed by atoms with van der Waals surface area (Å²) in [5.41, 5.74) is 5.85. The van der Waals surface area contributed by atoms with Gasteiger partial charge >= 0.3 is 0 Å². The summed E-state index contributed by atoms with van der Waals surface area (Å²) in [6.45, 7) is 0.780. The number of carbonyl (C=O) groups is 1. The molecule has 0 spiro atoms. The first-order chi connectivity index (χ1) is 2.77. The van der Waals surface area contributed by atoms with Crippen molar-refractivity contribution in [1.82, 2.24) is 0 Å². The van der Waals surface area contributed by atoms with E-state index in [1.54, 1.807) is 0 Å². The normalized spacial score (nSPS) is 5.71. The zero-order chi connectivity index (χ0) is 4.99. The molecular formula is C2HNO3Y-2. The van der Waals surface area contributed by atoms with Gasteiger partial charge in [-0.25, -0.2) is 0 Å². The van der Waals surface area contributed by atoms with Crippen LogP contribution in [-0.4, -0.2) is 12.6 Å². The molecule has 7 heavy (non-hydrogen) atoms. The number of ether oxygens (including phenoxy) is 1. The van der Waals surface area contributed by atoms with Crippen molar-refractivity contribution in [3.8, 4) is 0 Å². The summed E-state index contributed by atoms with van der Waals surface area (Å²) in [5.74, 6) is 0. The van der Waals surface area contributed by atoms with Crippen LogP contribution in [0.2, 0.25) is 0 Å². The Balaban J connectivity index is 0. The molecule has 4 nitrogen and oxygen atoms in total. The van der Waals surface area contributed by atoms with Crippen molar-refractivity contribution in [3.05, 3.63) is 5.73 Å². The summed E-state index contributed by atoms with van der Waals surface area (Å²) in [6.07, 6.45) is -1.38. The number of carbonyl (C=O) groups excluding carboxylic acids is 2. The number of hydrogen-bond acceptors (Lipinski definition) is 3. The Hall–Kier alpha value is 0.0439. The molecule has 1 amide bonds. The monoisotopic (exact) mass is 176 g/mol. The van der Waals surface area contributed by atoms with Gasteiger partial charge in [-0.05, 0) is 0 Å². The maximum Gasteiger partial charge on any atom is 0.170 e. The third-order valence-electron chi connectivity index (χ3n) is 0.134. The van der Waals surface area contributed by atoms with Crippen LogP contribution in [0.5, 0.6) is 0 Å². The maximum atomic E-state index is 9.23. The number of amides is 1. The van der Waals surface area contributed by atoms with Crippen LogP contribution in [0, 0.1) is 0 Å². The van der Waals surface area contributed by atoms with E-state index in [1.165, 1.54) is 0 Å². The van der Waals surface area contributed by atoms with Crippen molar-refractivity contribution in [2.24, 2.45) is 0 Å². The second-order valence-electron chi connectivity index (χ2n) is 0.473. The molecule has 0 saturated heterocycles. The van der Waals surface area contributed by atoms with E-state index >= 15 is 0 Å². The van der Waals surface area contributed by atoms with Crippen molar-refractivity contribution in [2.45, 2.75) is 0 Å². The van der Waals surface area contributed by atoms with Crippen LogP contribution in [0.15, 0.2) is 0 Å². The maximum absolute atomic E-state index is 9.23. The fourth-order valence-corrected chi connectivity index (χ4v) is 0.0378. The van der Waals surface area contributed by atoms with Crippen LogP contribution in [0.4, 0.5) is 4.79 Å². The van der Waals surface area contributed by atoms with Gasteiger partial charge in [-0.2, -0.15) is 0 Å². The van der Waals surface area contributed by atoms with Crippen molar-refractivity contribution in [1.29, 1.82) is 0 Å². The Labute approximate surface area is 65.3 Å². The number of hydrogen-bond donors (Lipinski definition) is 0. The molecule has 0 aromatic heterocycles. The Morgan fingerprint density at radius 1 is 1.71 bits per heavy atom. The van der Waals surface area contributed by atoms with E-state index in [2.05, 4.69) is 4.74 Å². The smallest absolute Gasteiger partial charge is 0.170 e. The van der Waals surface area contributed by atoms with Gasteiger partial charge in [-0.3, -0.25) is 0 Å². The van der Waals surface area contributed by atoms with Crippen LogP contribution in [0.1, 0.15) is 0 Å². The second-order valence-corrected chi connectivity index (χ2v) is 0.473. The molecular weight excluding hydrogens is 175 g/mol. The van der Waals surface area contributed by atoms with E-state index in [1.807, 2.05) is 0 Å². The molecule has 0 aromatic carbocycles. The van der Waals surface area contributed by atoms with Gasteiger partial charge in [-0.15, -0.1) is 0 Å². The van der Waals surface area contributed by atoms with Gasteiger partial charge in [0.25, 0.3) is 0 Å². The molecule has 0 heterocycles. The van der Waals surface area contributed by atoms with E-state index in [0.29, 0.717) is 0 Å². The van der Waals surface area contributed by atoms with E-state index < -0.39 is 6.09 Å². The minimum absolute atomic E-state index is 0. The average molecular weight is 176 g/mol. The summed E-state index contributed by atoms with van der Waals surface area (Å²) < 4.78 is 3.26. The van der Waals surface area contributed by atoms with Crippen LogP contribution >= 0.6 is 0 Å². The summed E-state index contributed by atoms with van der Waals surface area (Å²) in [6, 6.07) is 0. The first-order valence-electron chi connectivity index (χ1n) is 1.07. The van der Waals surface area contributed by atoms with Gasteiger partial charge in [0.15, 0.2) is 6.47 Å². The third-order valence-corrected chi connectivity index (χ3v) is 0.134. The zero-order valence-electron chi connectivity index (χ0n) is 3.30. The zero-order valence-corrected chi connectivity index (χ0v) is 6.14. The molecule has 37 valence electrons. The fourth-order valence-electron chi connectivity index (χ4n) is 0.0378. The van der Waals surface area contributed by atoms with E-state index in [4.69, 9.17) is 10.5 Å². The predicted molar refractivity (Wildman–Crippen MR) is 16.5 cm³/mol. The van der Waals surface area contributed by atoms with E-state index in [-0.39, 0.29) is 32.7 Å². The molecule has 1 radical (unpaired) electrons. The van der Waals surface area contributed by atoms with Gasteiger partial charge in [-0.1, -0.05) is 0 Å². The molecule has 0 aliphatic rings. The standard InChI is InChI=1S/C2H2NO3.Y/c3-2(5)6-1-4;/h(H2,3,5);/q-1;/p-1. The first-order valence-corrected chi connectivity index (χ1v) is 1.07. The van der Waals surface area contributed by atoms with Crippen molar-refractivity contribution in [3.63, 3.8) is 0 Å². The number of rotatable bonds is 1. The van der Waals surface area contributed by atoms with E-state index in [9.17, 15) is 4.79 Å². The SMILES string of the molecule is [NH-]C(=O)O[C-]=O.[Y]. The second kappa shape index (κ2) is 6.04. The third kappa shape index (κ3) is 10.7. The average Bonchev–Trinajstić information content (AvgIpc) is 1.35. The Kier molecular flexibility index (Phi) is 8.73. The summed E-state index contributed by atoms with van der Waals surface area (Å²) >= 11 is 0. The summed E-state index contributed by atoms with van der Waals surface area (Å²) in [7, 11) is 0. The van der Waals surface area contributed by atoms with Gasteiger partial charge < -0.3 is 20.1 Å². The molecule has 0 rings (SSSR count). The molecule has 0 aliphatic carbocycles. The first kappa shape index (κ1) is 10.1. The van der Waals surface area contributed by atoms with Crippen LogP contribution in [-0.2, 0) is 42.2 Å². The van der Waals surface area contributed by atoms with E-state index in [0.717, 1.165) is 6.47 Å².